The molecule has 0 aliphatic carbocycles. The van der Waals surface area contributed by atoms with E-state index in [0.29, 0.717) is 12.0 Å². The third-order valence-corrected chi connectivity index (χ3v) is 3.72. The third kappa shape index (κ3) is 3.49. The molecule has 0 bridgehead atoms. The molecule has 2 rings (SSSR count). The molecule has 0 amide bonds. The molecular formula is C14H26N6. The summed E-state index contributed by atoms with van der Waals surface area (Å²) < 4.78 is 2.03. The summed E-state index contributed by atoms with van der Waals surface area (Å²) in [5.41, 5.74) is 0.375. The fraction of sp³-hybridized carbons (Fsp3) is 0.786. The van der Waals surface area contributed by atoms with Crippen molar-refractivity contribution < 1.29 is 0 Å². The molecule has 6 nitrogen and oxygen atoms in total. The van der Waals surface area contributed by atoms with Crippen LogP contribution in [0.1, 0.15) is 39.9 Å². The highest BCUT2D eigenvalue weighted by atomic mass is 15.3. The first-order valence-corrected chi connectivity index (χ1v) is 7.45. The lowest BCUT2D eigenvalue weighted by atomic mass is 9.93. The molecular weight excluding hydrogens is 252 g/mol. The average molecular weight is 278 g/mol. The highest BCUT2D eigenvalue weighted by molar-refractivity contribution is 5.80. The number of likely N-dealkylation sites (tertiary alicyclic amines) is 1. The lowest BCUT2D eigenvalue weighted by molar-refractivity contribution is 0.370. The Labute approximate surface area is 121 Å². The van der Waals surface area contributed by atoms with Crippen LogP contribution < -0.4 is 5.32 Å². The Balaban J connectivity index is 2.06. The topological polar surface area (TPSA) is 58.3 Å². The van der Waals surface area contributed by atoms with Gasteiger partial charge in [-0.3, -0.25) is 0 Å². The Bertz CT molecular complexity index is 462. The van der Waals surface area contributed by atoms with Gasteiger partial charge in [-0.1, -0.05) is 13.8 Å². The summed E-state index contributed by atoms with van der Waals surface area (Å²) in [5.74, 6) is 1.91. The van der Waals surface area contributed by atoms with Gasteiger partial charge in [-0.2, -0.15) is 0 Å². The van der Waals surface area contributed by atoms with Crippen molar-refractivity contribution in [2.45, 2.75) is 47.2 Å². The van der Waals surface area contributed by atoms with E-state index in [-0.39, 0.29) is 0 Å². The van der Waals surface area contributed by atoms with Gasteiger partial charge < -0.3 is 14.8 Å². The van der Waals surface area contributed by atoms with Crippen LogP contribution in [0, 0.1) is 5.41 Å². The van der Waals surface area contributed by atoms with Crippen LogP contribution >= 0.6 is 0 Å². The molecule has 1 aromatic heterocycles. The van der Waals surface area contributed by atoms with Crippen LogP contribution in [0.4, 0.5) is 0 Å². The molecule has 0 unspecified atom stereocenters. The van der Waals surface area contributed by atoms with Gasteiger partial charge in [0.1, 0.15) is 12.9 Å². The number of aryl methyl sites for hydroxylation is 1. The molecule has 1 N–H and O–H groups in total. The van der Waals surface area contributed by atoms with Crippen LogP contribution in [0.2, 0.25) is 0 Å². The van der Waals surface area contributed by atoms with Crippen molar-refractivity contribution >= 4 is 5.96 Å². The smallest absolute Gasteiger partial charge is 0.194 e. The Morgan fingerprint density at radius 1 is 1.45 bits per heavy atom. The maximum atomic E-state index is 4.72. The summed E-state index contributed by atoms with van der Waals surface area (Å²) in [6.45, 7) is 13.3. The second kappa shape index (κ2) is 6.24. The fourth-order valence-corrected chi connectivity index (χ4v) is 2.53. The summed E-state index contributed by atoms with van der Waals surface area (Å²) in [4.78, 5) is 7.06. The predicted octanol–water partition coefficient (Wildman–Crippen LogP) is 1.50. The fourth-order valence-electron chi connectivity index (χ4n) is 2.53. The first kappa shape index (κ1) is 14.8. The number of rotatable bonds is 4. The van der Waals surface area contributed by atoms with Crippen molar-refractivity contribution in [1.29, 1.82) is 0 Å². The first-order valence-electron chi connectivity index (χ1n) is 7.45. The average Bonchev–Trinajstić information content (AvgIpc) is 3.00. The number of guanidine groups is 1. The minimum Gasteiger partial charge on any atom is -0.357 e. The van der Waals surface area contributed by atoms with Crippen molar-refractivity contribution in [2.24, 2.45) is 10.4 Å². The zero-order chi connectivity index (χ0) is 14.6. The van der Waals surface area contributed by atoms with Crippen molar-refractivity contribution in [1.82, 2.24) is 25.0 Å². The Kier molecular flexibility index (Phi) is 4.62. The van der Waals surface area contributed by atoms with E-state index in [2.05, 4.69) is 48.1 Å². The third-order valence-electron chi connectivity index (χ3n) is 3.72. The number of nitrogens with one attached hydrogen (secondary N) is 1. The van der Waals surface area contributed by atoms with Gasteiger partial charge in [0.05, 0.1) is 0 Å². The number of hydrogen-bond acceptors (Lipinski definition) is 3. The Hall–Kier alpha value is -1.59. The van der Waals surface area contributed by atoms with Crippen molar-refractivity contribution in [2.75, 3.05) is 19.6 Å². The summed E-state index contributed by atoms with van der Waals surface area (Å²) in [7, 11) is 0. The van der Waals surface area contributed by atoms with Gasteiger partial charge in [-0.25, -0.2) is 4.99 Å². The summed E-state index contributed by atoms with van der Waals surface area (Å²) in [5, 5.41) is 11.5. The summed E-state index contributed by atoms with van der Waals surface area (Å²) in [6, 6.07) is 0. The lowest BCUT2D eigenvalue weighted by Crippen LogP contribution is -2.40. The van der Waals surface area contributed by atoms with E-state index in [0.717, 1.165) is 38.0 Å². The van der Waals surface area contributed by atoms with Gasteiger partial charge in [0, 0.05) is 26.2 Å². The Morgan fingerprint density at radius 3 is 2.85 bits per heavy atom. The Morgan fingerprint density at radius 2 is 2.25 bits per heavy atom. The molecule has 112 valence electrons. The van der Waals surface area contributed by atoms with Crippen LogP contribution in [-0.4, -0.2) is 45.3 Å². The van der Waals surface area contributed by atoms with E-state index >= 15 is 0 Å². The molecule has 2 heterocycles. The second-order valence-electron chi connectivity index (χ2n) is 6.04. The standard InChI is InChI=1S/C14H26N6/c1-5-15-13(20-8-7-14(3,4)10-20)16-9-12-18-17-11-19(12)6-2/h11H,5-10H2,1-4H3,(H,15,16). The minimum absolute atomic E-state index is 0.375. The van der Waals surface area contributed by atoms with E-state index in [9.17, 15) is 0 Å². The van der Waals surface area contributed by atoms with Crippen molar-refractivity contribution in [3.63, 3.8) is 0 Å². The number of nitrogens with zero attached hydrogens (tertiary/aromatic N) is 5. The van der Waals surface area contributed by atoms with Gasteiger partial charge in [0.25, 0.3) is 0 Å². The van der Waals surface area contributed by atoms with Crippen LogP contribution in [0.3, 0.4) is 0 Å². The molecule has 0 aromatic carbocycles. The molecule has 1 fully saturated rings. The zero-order valence-electron chi connectivity index (χ0n) is 13.1. The molecule has 0 radical (unpaired) electrons. The lowest BCUT2D eigenvalue weighted by Gasteiger charge is -2.23. The molecule has 6 heteroatoms. The molecule has 0 atom stereocenters. The van der Waals surface area contributed by atoms with Crippen molar-refractivity contribution in [3.05, 3.63) is 12.2 Å². The highest BCUT2D eigenvalue weighted by Gasteiger charge is 2.30. The van der Waals surface area contributed by atoms with E-state index in [1.807, 2.05) is 4.57 Å². The van der Waals surface area contributed by atoms with Crippen LogP contribution in [0.5, 0.6) is 0 Å². The SMILES string of the molecule is CCNC(=NCc1nncn1CC)N1CCC(C)(C)C1. The van der Waals surface area contributed by atoms with Gasteiger partial charge in [-0.15, -0.1) is 10.2 Å². The van der Waals surface area contributed by atoms with Crippen LogP contribution in [-0.2, 0) is 13.1 Å². The molecule has 1 saturated heterocycles. The summed E-state index contributed by atoms with van der Waals surface area (Å²) >= 11 is 0. The van der Waals surface area contributed by atoms with Crippen molar-refractivity contribution in [3.8, 4) is 0 Å². The number of hydrogen-bond donors (Lipinski definition) is 1. The molecule has 20 heavy (non-hydrogen) atoms. The largest absolute Gasteiger partial charge is 0.357 e. The molecule has 1 aliphatic heterocycles. The maximum Gasteiger partial charge on any atom is 0.194 e. The highest BCUT2D eigenvalue weighted by Crippen LogP contribution is 2.28. The maximum absolute atomic E-state index is 4.72. The molecule has 0 spiro atoms. The van der Waals surface area contributed by atoms with E-state index in [1.165, 1.54) is 6.42 Å². The number of aromatic nitrogens is 3. The summed E-state index contributed by atoms with van der Waals surface area (Å²) in [6.07, 6.45) is 2.97. The van der Waals surface area contributed by atoms with Gasteiger partial charge >= 0.3 is 0 Å². The van der Waals surface area contributed by atoms with E-state index < -0.39 is 0 Å². The first-order chi connectivity index (χ1) is 9.55. The quantitative estimate of drug-likeness (QED) is 0.670. The number of aliphatic imine (C=N–C) groups is 1. The normalized spacial score (nSPS) is 18.6. The molecule has 1 aromatic rings. The predicted molar refractivity (Wildman–Crippen MR) is 80.5 cm³/mol. The van der Waals surface area contributed by atoms with E-state index in [1.54, 1.807) is 6.33 Å². The second-order valence-corrected chi connectivity index (χ2v) is 6.04. The van der Waals surface area contributed by atoms with Gasteiger partial charge in [0.15, 0.2) is 11.8 Å². The van der Waals surface area contributed by atoms with Crippen LogP contribution in [0.15, 0.2) is 11.3 Å². The van der Waals surface area contributed by atoms with Crippen LogP contribution in [0.25, 0.3) is 0 Å². The van der Waals surface area contributed by atoms with Gasteiger partial charge in [0.2, 0.25) is 0 Å². The molecule has 0 saturated carbocycles. The molecule has 1 aliphatic rings. The zero-order valence-corrected chi connectivity index (χ0v) is 13.1. The van der Waals surface area contributed by atoms with Gasteiger partial charge in [-0.05, 0) is 25.7 Å². The van der Waals surface area contributed by atoms with E-state index in [4.69, 9.17) is 4.99 Å². The minimum atomic E-state index is 0.375. The monoisotopic (exact) mass is 278 g/mol.